The minimum absolute atomic E-state index is 0.109. The summed E-state index contributed by atoms with van der Waals surface area (Å²) in [6.45, 7) is -0.109. The largest absolute Gasteiger partial charge is 0.508 e. The van der Waals surface area contributed by atoms with Crippen molar-refractivity contribution in [2.45, 2.75) is 18.5 Å². The maximum Gasteiger partial charge on any atom is 0.326 e. The van der Waals surface area contributed by atoms with Gasteiger partial charge in [-0.25, -0.2) is 4.79 Å². The molecule has 20 heavy (non-hydrogen) atoms. The van der Waals surface area contributed by atoms with Crippen LogP contribution in [0.3, 0.4) is 0 Å². The molecule has 1 aromatic rings. The SMILES string of the molecule is NC[C@H](N)C(=O)N[C@@H](Cc1ccc(O)cc1O)C(=O)O. The maximum atomic E-state index is 11.5. The number of phenolic OH excluding ortho intramolecular Hbond substituents is 2. The van der Waals surface area contributed by atoms with E-state index >= 15 is 0 Å². The first-order valence-electron chi connectivity index (χ1n) is 5.84. The molecule has 0 fully saturated rings. The number of amides is 1. The van der Waals surface area contributed by atoms with Gasteiger partial charge >= 0.3 is 5.97 Å². The second kappa shape index (κ2) is 6.73. The molecule has 110 valence electrons. The fourth-order valence-electron chi connectivity index (χ4n) is 1.53. The molecule has 0 aromatic heterocycles. The second-order valence-corrected chi connectivity index (χ2v) is 4.26. The Morgan fingerprint density at radius 2 is 1.95 bits per heavy atom. The summed E-state index contributed by atoms with van der Waals surface area (Å²) in [4.78, 5) is 22.6. The van der Waals surface area contributed by atoms with Gasteiger partial charge in [-0.2, -0.15) is 0 Å². The molecule has 0 radical (unpaired) electrons. The Hall–Kier alpha value is -2.32. The third-order valence-electron chi connectivity index (χ3n) is 2.70. The highest BCUT2D eigenvalue weighted by Gasteiger charge is 2.24. The lowest BCUT2D eigenvalue weighted by Gasteiger charge is -2.17. The molecular weight excluding hydrogens is 266 g/mol. The van der Waals surface area contributed by atoms with Crippen LogP contribution >= 0.6 is 0 Å². The number of hydrogen-bond donors (Lipinski definition) is 6. The minimum atomic E-state index is -1.27. The van der Waals surface area contributed by atoms with E-state index in [9.17, 15) is 14.7 Å². The molecule has 0 bridgehead atoms. The molecule has 0 saturated heterocycles. The molecule has 0 spiro atoms. The molecule has 0 unspecified atom stereocenters. The molecule has 0 heterocycles. The zero-order valence-corrected chi connectivity index (χ0v) is 10.6. The Morgan fingerprint density at radius 1 is 1.30 bits per heavy atom. The van der Waals surface area contributed by atoms with Crippen molar-refractivity contribution in [2.75, 3.05) is 6.54 Å². The van der Waals surface area contributed by atoms with Gasteiger partial charge in [-0.05, 0) is 11.6 Å². The number of rotatable bonds is 6. The van der Waals surface area contributed by atoms with Crippen molar-refractivity contribution in [3.8, 4) is 11.5 Å². The zero-order valence-electron chi connectivity index (χ0n) is 10.6. The number of aromatic hydroxyl groups is 2. The highest BCUT2D eigenvalue weighted by molar-refractivity contribution is 5.87. The molecule has 8 nitrogen and oxygen atoms in total. The van der Waals surface area contributed by atoms with Gasteiger partial charge in [0, 0.05) is 19.0 Å². The molecule has 8 N–H and O–H groups in total. The predicted octanol–water partition coefficient (Wildman–Crippen LogP) is -1.50. The fourth-order valence-corrected chi connectivity index (χ4v) is 1.53. The Kier molecular flexibility index (Phi) is 5.30. The van der Waals surface area contributed by atoms with Crippen LogP contribution in [0.5, 0.6) is 11.5 Å². The van der Waals surface area contributed by atoms with E-state index in [1.165, 1.54) is 12.1 Å². The Morgan fingerprint density at radius 3 is 2.45 bits per heavy atom. The van der Waals surface area contributed by atoms with Gasteiger partial charge in [0.05, 0.1) is 6.04 Å². The van der Waals surface area contributed by atoms with Gasteiger partial charge in [0.2, 0.25) is 5.91 Å². The number of carbonyl (C=O) groups is 2. The molecule has 0 aliphatic rings. The molecule has 1 amide bonds. The average molecular weight is 283 g/mol. The molecule has 2 atom stereocenters. The Balaban J connectivity index is 2.82. The van der Waals surface area contributed by atoms with Crippen molar-refractivity contribution in [3.63, 3.8) is 0 Å². The second-order valence-electron chi connectivity index (χ2n) is 4.26. The van der Waals surface area contributed by atoms with Crippen molar-refractivity contribution < 1.29 is 24.9 Å². The van der Waals surface area contributed by atoms with E-state index in [-0.39, 0.29) is 30.0 Å². The maximum absolute atomic E-state index is 11.5. The van der Waals surface area contributed by atoms with Gasteiger partial charge in [0.1, 0.15) is 17.5 Å². The number of carboxylic acid groups (broad SMARTS) is 1. The number of nitrogens with one attached hydrogen (secondary N) is 1. The molecular formula is C12H17N3O5. The van der Waals surface area contributed by atoms with E-state index in [2.05, 4.69) is 5.32 Å². The van der Waals surface area contributed by atoms with E-state index < -0.39 is 24.0 Å². The van der Waals surface area contributed by atoms with Crippen molar-refractivity contribution in [1.29, 1.82) is 0 Å². The van der Waals surface area contributed by atoms with Crippen LogP contribution in [-0.2, 0) is 16.0 Å². The Bertz CT molecular complexity index is 506. The number of aliphatic carboxylic acids is 1. The third kappa shape index (κ3) is 4.11. The summed E-state index contributed by atoms with van der Waals surface area (Å²) < 4.78 is 0. The van der Waals surface area contributed by atoms with Gasteiger partial charge in [0.25, 0.3) is 0 Å². The molecule has 0 aliphatic heterocycles. The number of benzene rings is 1. The number of carbonyl (C=O) groups excluding carboxylic acids is 1. The van der Waals surface area contributed by atoms with E-state index in [0.717, 1.165) is 6.07 Å². The highest BCUT2D eigenvalue weighted by atomic mass is 16.4. The van der Waals surface area contributed by atoms with Crippen LogP contribution in [0, 0.1) is 0 Å². The lowest BCUT2D eigenvalue weighted by atomic mass is 10.0. The van der Waals surface area contributed by atoms with Crippen molar-refractivity contribution >= 4 is 11.9 Å². The van der Waals surface area contributed by atoms with E-state index in [0.29, 0.717) is 0 Å². The molecule has 1 aromatic carbocycles. The van der Waals surface area contributed by atoms with Crippen LogP contribution in [0.2, 0.25) is 0 Å². The van der Waals surface area contributed by atoms with Crippen LogP contribution in [0.1, 0.15) is 5.56 Å². The summed E-state index contributed by atoms with van der Waals surface area (Å²) in [5, 5.41) is 30.1. The summed E-state index contributed by atoms with van der Waals surface area (Å²) >= 11 is 0. The molecule has 0 aliphatic carbocycles. The predicted molar refractivity (Wildman–Crippen MR) is 70.1 cm³/mol. The van der Waals surface area contributed by atoms with Gasteiger partial charge in [0.15, 0.2) is 0 Å². The van der Waals surface area contributed by atoms with Gasteiger partial charge in [-0.15, -0.1) is 0 Å². The first kappa shape index (κ1) is 15.7. The van der Waals surface area contributed by atoms with E-state index in [1.54, 1.807) is 0 Å². The van der Waals surface area contributed by atoms with Crippen LogP contribution in [-0.4, -0.2) is 45.8 Å². The lowest BCUT2D eigenvalue weighted by molar-refractivity contribution is -0.141. The van der Waals surface area contributed by atoms with Crippen LogP contribution in [0.15, 0.2) is 18.2 Å². The first-order valence-corrected chi connectivity index (χ1v) is 5.84. The van der Waals surface area contributed by atoms with Gasteiger partial charge in [-0.1, -0.05) is 6.07 Å². The van der Waals surface area contributed by atoms with Crippen molar-refractivity contribution in [1.82, 2.24) is 5.32 Å². The third-order valence-corrected chi connectivity index (χ3v) is 2.70. The minimum Gasteiger partial charge on any atom is -0.508 e. The lowest BCUT2D eigenvalue weighted by Crippen LogP contribution is -2.51. The first-order chi connectivity index (χ1) is 9.35. The summed E-state index contributed by atoms with van der Waals surface area (Å²) in [5.41, 5.74) is 10.9. The summed E-state index contributed by atoms with van der Waals surface area (Å²) in [6, 6.07) is 1.51. The van der Waals surface area contributed by atoms with Crippen LogP contribution in [0.25, 0.3) is 0 Å². The average Bonchev–Trinajstić information content (AvgIpc) is 2.39. The van der Waals surface area contributed by atoms with Gasteiger partial charge < -0.3 is 32.1 Å². The van der Waals surface area contributed by atoms with Crippen LogP contribution < -0.4 is 16.8 Å². The Labute approximate surface area is 115 Å². The molecule has 0 saturated carbocycles. The summed E-state index contributed by atoms with van der Waals surface area (Å²) in [7, 11) is 0. The summed E-state index contributed by atoms with van der Waals surface area (Å²) in [6.07, 6.45) is -0.148. The summed E-state index contributed by atoms with van der Waals surface area (Å²) in [5.74, 6) is -2.35. The number of hydrogen-bond acceptors (Lipinski definition) is 6. The molecule has 1 rings (SSSR count). The van der Waals surface area contributed by atoms with Gasteiger partial charge in [-0.3, -0.25) is 4.79 Å². The van der Waals surface area contributed by atoms with E-state index in [4.69, 9.17) is 21.7 Å². The highest BCUT2D eigenvalue weighted by Crippen LogP contribution is 2.23. The fraction of sp³-hybridized carbons (Fsp3) is 0.333. The normalized spacial score (nSPS) is 13.5. The van der Waals surface area contributed by atoms with E-state index in [1.807, 2.05) is 0 Å². The molecule has 8 heteroatoms. The van der Waals surface area contributed by atoms with Crippen LogP contribution in [0.4, 0.5) is 0 Å². The topological polar surface area (TPSA) is 159 Å². The number of nitrogens with two attached hydrogens (primary N) is 2. The monoisotopic (exact) mass is 283 g/mol. The standard InChI is InChI=1S/C12H17N3O5/c13-5-8(14)11(18)15-9(12(19)20)3-6-1-2-7(16)4-10(6)17/h1-2,4,8-9,16-17H,3,5,13-14H2,(H,15,18)(H,19,20)/t8-,9-/m0/s1. The number of phenols is 2. The smallest absolute Gasteiger partial charge is 0.326 e. The van der Waals surface area contributed by atoms with Crippen molar-refractivity contribution in [2.24, 2.45) is 11.5 Å². The quantitative estimate of drug-likeness (QED) is 0.370. The van der Waals surface area contributed by atoms with Crippen molar-refractivity contribution in [3.05, 3.63) is 23.8 Å². The number of carboxylic acids is 1. The zero-order chi connectivity index (χ0) is 15.3.